The molecule has 0 bridgehead atoms. The molecule has 0 radical (unpaired) electrons. The lowest BCUT2D eigenvalue weighted by atomic mass is 10.2. The van der Waals surface area contributed by atoms with Gasteiger partial charge in [-0.2, -0.15) is 0 Å². The van der Waals surface area contributed by atoms with Gasteiger partial charge >= 0.3 is 5.66 Å². The summed E-state index contributed by atoms with van der Waals surface area (Å²) in [5.41, 5.74) is -1.92. The maximum absolute atomic E-state index is 10.6. The summed E-state index contributed by atoms with van der Waals surface area (Å²) >= 11 is 5.45. The van der Waals surface area contributed by atoms with Crippen LogP contribution in [0.5, 0.6) is 0 Å². The molecule has 0 aliphatic carbocycles. The summed E-state index contributed by atoms with van der Waals surface area (Å²) in [6, 6.07) is 0. The van der Waals surface area contributed by atoms with Gasteiger partial charge in [-0.1, -0.05) is 5.21 Å². The predicted molar refractivity (Wildman–Crippen MR) is 52.0 cm³/mol. The Balaban J connectivity index is 2.92. The average molecular weight is 250 g/mol. The molecule has 1 rings (SSSR count). The molecule has 1 aromatic rings. The fraction of sp³-hybridized carbons (Fsp3) is 0.667. The molecule has 88 valence electrons. The first-order valence-corrected chi connectivity index (χ1v) is 4.67. The van der Waals surface area contributed by atoms with E-state index in [2.05, 4.69) is 10.3 Å². The van der Waals surface area contributed by atoms with Crippen molar-refractivity contribution in [2.75, 3.05) is 0 Å². The molecule has 0 fully saturated rings. The number of alkyl halides is 1. The molecule has 1 heterocycles. The number of rotatable bonds is 5. The van der Waals surface area contributed by atoms with Crippen molar-refractivity contribution >= 4 is 11.6 Å². The Bertz CT molecular complexity index is 405. The lowest BCUT2D eigenvalue weighted by Crippen LogP contribution is -2.47. The van der Waals surface area contributed by atoms with Gasteiger partial charge < -0.3 is 0 Å². The molecular formula is C6H8ClN5O4. The highest BCUT2D eigenvalue weighted by molar-refractivity contribution is 6.16. The van der Waals surface area contributed by atoms with Crippen molar-refractivity contribution in [3.63, 3.8) is 0 Å². The van der Waals surface area contributed by atoms with Crippen LogP contribution in [0.2, 0.25) is 0 Å². The van der Waals surface area contributed by atoms with Gasteiger partial charge in [-0.3, -0.25) is 20.2 Å². The Kier molecular flexibility index (Phi) is 3.38. The molecule has 0 spiro atoms. The standard InChI is InChI=1S/C6H8ClN5O4/c1-6(11(13)14,12(15)16)4-10-3-5(2-7)8-9-10/h3H,2,4H2,1H3. The summed E-state index contributed by atoms with van der Waals surface area (Å²) in [5, 5.41) is 28.3. The Morgan fingerprint density at radius 3 is 2.44 bits per heavy atom. The summed E-state index contributed by atoms with van der Waals surface area (Å²) in [7, 11) is 0. The van der Waals surface area contributed by atoms with Crippen LogP contribution in [0.3, 0.4) is 0 Å². The molecule has 0 aromatic carbocycles. The molecule has 0 aliphatic rings. The summed E-state index contributed by atoms with van der Waals surface area (Å²) in [6.07, 6.45) is 1.33. The number of halogens is 1. The van der Waals surface area contributed by atoms with E-state index in [1.54, 1.807) is 0 Å². The summed E-state index contributed by atoms with van der Waals surface area (Å²) in [6.45, 7) is 0.409. The Hall–Kier alpha value is -1.77. The maximum atomic E-state index is 10.6. The van der Waals surface area contributed by atoms with Gasteiger partial charge in [-0.25, -0.2) is 4.68 Å². The van der Waals surface area contributed by atoms with Crippen LogP contribution in [0, 0.1) is 20.2 Å². The van der Waals surface area contributed by atoms with Gasteiger partial charge in [0.15, 0.2) is 6.54 Å². The van der Waals surface area contributed by atoms with E-state index in [1.807, 2.05) is 0 Å². The van der Waals surface area contributed by atoms with Crippen molar-refractivity contribution < 1.29 is 9.85 Å². The zero-order valence-corrected chi connectivity index (χ0v) is 8.99. The number of nitro groups is 2. The topological polar surface area (TPSA) is 117 Å². The number of hydrogen-bond acceptors (Lipinski definition) is 6. The van der Waals surface area contributed by atoms with Crippen molar-refractivity contribution in [1.29, 1.82) is 0 Å². The van der Waals surface area contributed by atoms with E-state index < -0.39 is 22.1 Å². The van der Waals surface area contributed by atoms with Crippen molar-refractivity contribution in [3.05, 3.63) is 32.1 Å². The van der Waals surface area contributed by atoms with E-state index in [0.717, 1.165) is 11.6 Å². The zero-order valence-electron chi connectivity index (χ0n) is 8.24. The first-order chi connectivity index (χ1) is 7.40. The van der Waals surface area contributed by atoms with Crippen LogP contribution < -0.4 is 0 Å². The van der Waals surface area contributed by atoms with Crippen LogP contribution in [0.15, 0.2) is 6.20 Å². The monoisotopic (exact) mass is 249 g/mol. The molecule has 0 saturated heterocycles. The molecule has 10 heteroatoms. The highest BCUT2D eigenvalue weighted by Gasteiger charge is 2.51. The minimum atomic E-state index is -2.32. The van der Waals surface area contributed by atoms with Crippen LogP contribution in [-0.4, -0.2) is 30.5 Å². The normalized spacial score (nSPS) is 11.4. The Labute approximate surface area is 94.3 Å². The second-order valence-electron chi connectivity index (χ2n) is 3.27. The molecule has 16 heavy (non-hydrogen) atoms. The quantitative estimate of drug-likeness (QED) is 0.320. The van der Waals surface area contributed by atoms with Crippen LogP contribution in [0.25, 0.3) is 0 Å². The van der Waals surface area contributed by atoms with Crippen LogP contribution in [0.1, 0.15) is 12.6 Å². The van der Waals surface area contributed by atoms with Crippen LogP contribution >= 0.6 is 11.6 Å². The molecule has 0 N–H and O–H groups in total. The second kappa shape index (κ2) is 4.39. The number of aromatic nitrogens is 3. The van der Waals surface area contributed by atoms with Crippen molar-refractivity contribution in [2.24, 2.45) is 0 Å². The van der Waals surface area contributed by atoms with E-state index in [0.29, 0.717) is 5.69 Å². The third kappa shape index (κ3) is 2.24. The number of hydrogen-bond donors (Lipinski definition) is 0. The summed E-state index contributed by atoms with van der Waals surface area (Å²) in [5.74, 6) is 0.0909. The fourth-order valence-corrected chi connectivity index (χ4v) is 1.09. The van der Waals surface area contributed by atoms with Gasteiger partial charge in [0.05, 0.1) is 24.7 Å². The van der Waals surface area contributed by atoms with Crippen molar-refractivity contribution in [2.45, 2.75) is 25.0 Å². The van der Waals surface area contributed by atoms with Gasteiger partial charge in [-0.05, 0) is 0 Å². The van der Waals surface area contributed by atoms with E-state index in [-0.39, 0.29) is 5.88 Å². The van der Waals surface area contributed by atoms with Gasteiger partial charge in [0, 0.05) is 0 Å². The fourth-order valence-electron chi connectivity index (χ4n) is 0.966. The lowest BCUT2D eigenvalue weighted by molar-refractivity contribution is -0.794. The molecule has 0 atom stereocenters. The maximum Gasteiger partial charge on any atom is 0.474 e. The van der Waals surface area contributed by atoms with Crippen LogP contribution in [0.4, 0.5) is 0 Å². The second-order valence-corrected chi connectivity index (χ2v) is 3.54. The molecule has 9 nitrogen and oxygen atoms in total. The SMILES string of the molecule is CC(Cn1cc(CCl)nn1)([N+](=O)[O-])[N+](=O)[O-]. The predicted octanol–water partition coefficient (Wildman–Crippen LogP) is 0.286. The van der Waals surface area contributed by atoms with Crippen molar-refractivity contribution in [1.82, 2.24) is 15.0 Å². The Morgan fingerprint density at radius 2 is 2.06 bits per heavy atom. The Morgan fingerprint density at radius 1 is 1.50 bits per heavy atom. The highest BCUT2D eigenvalue weighted by Crippen LogP contribution is 2.13. The van der Waals surface area contributed by atoms with Crippen molar-refractivity contribution in [3.8, 4) is 0 Å². The zero-order chi connectivity index (χ0) is 12.3. The molecular weight excluding hydrogens is 242 g/mol. The van der Waals surface area contributed by atoms with Gasteiger partial charge in [0.25, 0.3) is 0 Å². The molecule has 0 amide bonds. The number of nitrogens with zero attached hydrogens (tertiary/aromatic N) is 5. The van der Waals surface area contributed by atoms with Gasteiger partial charge in [0.2, 0.25) is 0 Å². The van der Waals surface area contributed by atoms with Crippen LogP contribution in [-0.2, 0) is 12.4 Å². The minimum absolute atomic E-state index is 0.0909. The minimum Gasteiger partial charge on any atom is -0.258 e. The van der Waals surface area contributed by atoms with E-state index in [9.17, 15) is 20.2 Å². The molecule has 0 saturated carbocycles. The average Bonchev–Trinajstić information content (AvgIpc) is 2.64. The smallest absolute Gasteiger partial charge is 0.258 e. The largest absolute Gasteiger partial charge is 0.474 e. The third-order valence-corrected chi connectivity index (χ3v) is 2.25. The van der Waals surface area contributed by atoms with Gasteiger partial charge in [-0.15, -0.1) is 16.7 Å². The molecule has 0 aliphatic heterocycles. The van der Waals surface area contributed by atoms with Gasteiger partial charge in [0.1, 0.15) is 9.85 Å². The summed E-state index contributed by atoms with van der Waals surface area (Å²) in [4.78, 5) is 19.3. The molecule has 1 aromatic heterocycles. The van der Waals surface area contributed by atoms with E-state index in [4.69, 9.17) is 11.6 Å². The first-order valence-electron chi connectivity index (χ1n) is 4.14. The lowest BCUT2D eigenvalue weighted by Gasteiger charge is -2.11. The first kappa shape index (κ1) is 12.3. The molecule has 0 unspecified atom stereocenters. The third-order valence-electron chi connectivity index (χ3n) is 1.97. The summed E-state index contributed by atoms with van der Waals surface area (Å²) < 4.78 is 1.03. The van der Waals surface area contributed by atoms with E-state index in [1.165, 1.54) is 6.20 Å². The highest BCUT2D eigenvalue weighted by atomic mass is 35.5. The van der Waals surface area contributed by atoms with E-state index >= 15 is 0 Å².